The summed E-state index contributed by atoms with van der Waals surface area (Å²) >= 11 is 6.45. The number of nitrogens with zero attached hydrogens (tertiary/aromatic N) is 6. The molecule has 2 N–H and O–H groups in total. The minimum absolute atomic E-state index is 0.0448. The number of aryl methyl sites for hydroxylation is 2. The van der Waals surface area contributed by atoms with Gasteiger partial charge in [0, 0.05) is 44.8 Å². The molecule has 0 spiro atoms. The van der Waals surface area contributed by atoms with Gasteiger partial charge in [-0.1, -0.05) is 99.1 Å². The van der Waals surface area contributed by atoms with E-state index in [0.29, 0.717) is 35.0 Å². The predicted octanol–water partition coefficient (Wildman–Crippen LogP) is 6.67. The van der Waals surface area contributed by atoms with Crippen molar-refractivity contribution in [3.05, 3.63) is 119 Å². The van der Waals surface area contributed by atoms with E-state index in [2.05, 4.69) is 142 Å². The highest BCUT2D eigenvalue weighted by molar-refractivity contribution is 7.92. The van der Waals surface area contributed by atoms with Crippen LogP contribution >= 0.6 is 11.6 Å². The van der Waals surface area contributed by atoms with Crippen LogP contribution in [0.5, 0.6) is 0 Å². The lowest BCUT2D eigenvalue weighted by Crippen LogP contribution is -2.67. The Labute approximate surface area is 338 Å². The second-order valence-electron chi connectivity index (χ2n) is 15.6. The minimum Gasteiger partial charge on any atom is -0.406 e. The van der Waals surface area contributed by atoms with Gasteiger partial charge in [-0.05, 0) is 77.3 Å². The van der Waals surface area contributed by atoms with Gasteiger partial charge in [-0.2, -0.15) is 4.98 Å². The summed E-state index contributed by atoms with van der Waals surface area (Å²) in [5.74, 6) is 1.58. The quantitative estimate of drug-likeness (QED) is 0.0875. The number of benzene rings is 3. The fraction of sp³-hybridized carbons (Fsp3) is 0.381. The molecule has 5 aromatic rings. The standard InChI is InChI=1S/C42H53ClN8O3SSi/c1-42(2,3)56(35-13-9-7-10-14-35,36-15-11-8-12-16-36)54-26-25-50(4)30-31-17-19-32-21-22-34(27-33(32)20-18-31)48-41-47-28-37(43)39(49-41)46-29-38-40(45-24-23-44-38)51(5)55(6,52)53/h7-16,21-24,27-28,31H,17-20,25-26,29-30H2,1-6H3,(H2,46,47,48,49). The van der Waals surface area contributed by atoms with Crippen LogP contribution < -0.4 is 25.3 Å². The van der Waals surface area contributed by atoms with E-state index in [1.54, 1.807) is 0 Å². The lowest BCUT2D eigenvalue weighted by atomic mass is 9.99. The average Bonchev–Trinajstić information content (AvgIpc) is 3.38. The monoisotopic (exact) mass is 812 g/mol. The molecule has 14 heteroatoms. The van der Waals surface area contributed by atoms with Crippen LogP contribution in [0.15, 0.2) is 97.5 Å². The first-order valence-electron chi connectivity index (χ1n) is 19.1. The molecular formula is C42H53ClN8O3SSi. The summed E-state index contributed by atoms with van der Waals surface area (Å²) in [5.41, 5.74) is 4.06. The highest BCUT2D eigenvalue weighted by Gasteiger charge is 2.50. The van der Waals surface area contributed by atoms with Gasteiger partial charge in [-0.25, -0.2) is 18.4 Å². The average molecular weight is 814 g/mol. The molecule has 296 valence electrons. The number of nitrogens with one attached hydrogen (secondary N) is 2. The SMILES string of the molecule is CN(CCO[Si](c1ccccc1)(c1ccccc1)C(C)(C)C)CC1CCc2ccc(Nc3ncc(Cl)c(NCc4nccnc4N(C)S(C)(=O)=O)n3)cc2CC1. The van der Waals surface area contributed by atoms with E-state index in [4.69, 9.17) is 16.0 Å². The van der Waals surface area contributed by atoms with Crippen molar-refractivity contribution >= 4 is 63.6 Å². The Bertz CT molecular complexity index is 2150. The molecule has 6 rings (SSSR count). The maximum atomic E-state index is 12.1. The van der Waals surface area contributed by atoms with Gasteiger partial charge in [0.15, 0.2) is 11.6 Å². The molecule has 0 bridgehead atoms. The predicted molar refractivity (Wildman–Crippen MR) is 231 cm³/mol. The Morgan fingerprint density at radius 2 is 1.54 bits per heavy atom. The molecule has 3 aromatic carbocycles. The number of hydrogen-bond acceptors (Lipinski definition) is 10. The third-order valence-corrected chi connectivity index (χ3v) is 17.1. The molecule has 1 aliphatic rings. The Morgan fingerprint density at radius 1 is 0.893 bits per heavy atom. The van der Waals surface area contributed by atoms with Gasteiger partial charge in [0.25, 0.3) is 8.32 Å². The van der Waals surface area contributed by atoms with Crippen LogP contribution in [0.25, 0.3) is 0 Å². The Hall–Kier alpha value is -4.40. The lowest BCUT2D eigenvalue weighted by molar-refractivity contribution is 0.201. The summed E-state index contributed by atoms with van der Waals surface area (Å²) in [5, 5.41) is 9.41. The molecule has 1 aliphatic carbocycles. The van der Waals surface area contributed by atoms with Crippen LogP contribution in [0.1, 0.15) is 50.4 Å². The van der Waals surface area contributed by atoms with Crippen molar-refractivity contribution in [3.8, 4) is 0 Å². The van der Waals surface area contributed by atoms with E-state index < -0.39 is 18.3 Å². The molecule has 1 atom stereocenters. The van der Waals surface area contributed by atoms with Gasteiger partial charge in [-0.15, -0.1) is 0 Å². The number of anilines is 4. The molecule has 11 nitrogen and oxygen atoms in total. The van der Waals surface area contributed by atoms with Crippen LogP contribution in [-0.2, 0) is 33.8 Å². The Kier molecular flexibility index (Phi) is 13.1. The highest BCUT2D eigenvalue weighted by Crippen LogP contribution is 2.37. The third-order valence-electron chi connectivity index (χ3n) is 10.6. The number of halogens is 1. The summed E-state index contributed by atoms with van der Waals surface area (Å²) in [7, 11) is -2.42. The second kappa shape index (κ2) is 17.8. The molecule has 56 heavy (non-hydrogen) atoms. The van der Waals surface area contributed by atoms with E-state index in [0.717, 1.165) is 55.0 Å². The van der Waals surface area contributed by atoms with E-state index in [1.165, 1.54) is 47.1 Å². The molecule has 2 aromatic heterocycles. The summed E-state index contributed by atoms with van der Waals surface area (Å²) < 4.78 is 32.6. The zero-order chi connectivity index (χ0) is 39.9. The topological polar surface area (TPSA) is 125 Å². The molecule has 0 saturated heterocycles. The maximum absolute atomic E-state index is 12.1. The van der Waals surface area contributed by atoms with E-state index in [1.807, 2.05) is 0 Å². The summed E-state index contributed by atoms with van der Waals surface area (Å²) in [6, 6.07) is 28.2. The molecule has 2 heterocycles. The molecule has 0 amide bonds. The molecule has 0 aliphatic heterocycles. The van der Waals surface area contributed by atoms with Crippen molar-refractivity contribution in [2.75, 3.05) is 55.0 Å². The van der Waals surface area contributed by atoms with Crippen LogP contribution in [-0.4, -0.2) is 81.6 Å². The van der Waals surface area contributed by atoms with Gasteiger partial charge >= 0.3 is 0 Å². The largest absolute Gasteiger partial charge is 0.406 e. The van der Waals surface area contributed by atoms with Crippen molar-refractivity contribution in [3.63, 3.8) is 0 Å². The number of aromatic nitrogens is 4. The fourth-order valence-corrected chi connectivity index (χ4v) is 12.8. The van der Waals surface area contributed by atoms with Crippen LogP contribution in [0, 0.1) is 5.92 Å². The van der Waals surface area contributed by atoms with Crippen LogP contribution in [0.4, 0.5) is 23.3 Å². The molecule has 0 radical (unpaired) electrons. The van der Waals surface area contributed by atoms with Gasteiger partial charge in [0.1, 0.15) is 10.7 Å². The number of sulfonamides is 1. The van der Waals surface area contributed by atoms with Crippen LogP contribution in [0.3, 0.4) is 0 Å². The highest BCUT2D eigenvalue weighted by atomic mass is 35.5. The van der Waals surface area contributed by atoms with E-state index >= 15 is 0 Å². The van der Waals surface area contributed by atoms with E-state index in [9.17, 15) is 8.42 Å². The van der Waals surface area contributed by atoms with Gasteiger partial charge in [-0.3, -0.25) is 9.29 Å². The minimum atomic E-state index is -3.52. The molecule has 0 saturated carbocycles. The third kappa shape index (κ3) is 9.75. The zero-order valence-corrected chi connectivity index (χ0v) is 35.7. The first-order valence-corrected chi connectivity index (χ1v) is 23.2. The second-order valence-corrected chi connectivity index (χ2v) is 22.4. The number of fused-ring (bicyclic) bond motifs is 1. The van der Waals surface area contributed by atoms with Crippen molar-refractivity contribution in [1.82, 2.24) is 24.8 Å². The normalized spacial score (nSPS) is 14.9. The number of hydrogen-bond donors (Lipinski definition) is 2. The van der Waals surface area contributed by atoms with Crippen molar-refractivity contribution in [2.24, 2.45) is 5.92 Å². The fourth-order valence-electron chi connectivity index (χ4n) is 7.63. The zero-order valence-electron chi connectivity index (χ0n) is 33.2. The summed E-state index contributed by atoms with van der Waals surface area (Å²) in [6.07, 6.45) is 9.90. The van der Waals surface area contributed by atoms with Crippen molar-refractivity contribution < 1.29 is 12.8 Å². The number of likely N-dealkylation sites (N-methyl/N-ethyl adjacent to an activating group) is 1. The smallest absolute Gasteiger partial charge is 0.261 e. The first-order chi connectivity index (χ1) is 26.7. The number of rotatable bonds is 15. The van der Waals surface area contributed by atoms with Gasteiger partial charge in [0.05, 0.1) is 19.0 Å². The maximum Gasteiger partial charge on any atom is 0.261 e. The first kappa shape index (κ1) is 41.2. The van der Waals surface area contributed by atoms with Gasteiger partial charge in [0.2, 0.25) is 16.0 Å². The van der Waals surface area contributed by atoms with Crippen molar-refractivity contribution in [2.45, 2.75) is 58.0 Å². The van der Waals surface area contributed by atoms with Crippen molar-refractivity contribution in [1.29, 1.82) is 0 Å². The molecular weight excluding hydrogens is 760 g/mol. The van der Waals surface area contributed by atoms with E-state index in [-0.39, 0.29) is 17.4 Å². The Morgan fingerprint density at radius 3 is 2.18 bits per heavy atom. The summed E-state index contributed by atoms with van der Waals surface area (Å²) in [6.45, 7) is 9.71. The molecule has 0 fully saturated rings. The molecule has 1 unspecified atom stereocenters. The van der Waals surface area contributed by atoms with Gasteiger partial charge < -0.3 is 20.0 Å². The van der Waals surface area contributed by atoms with Crippen LogP contribution in [0.2, 0.25) is 10.1 Å². The Balaban J connectivity index is 1.05. The summed E-state index contributed by atoms with van der Waals surface area (Å²) in [4.78, 5) is 20.0. The lowest BCUT2D eigenvalue weighted by Gasteiger charge is -2.43.